The summed E-state index contributed by atoms with van der Waals surface area (Å²) >= 11 is 0. The van der Waals surface area contributed by atoms with Crippen molar-refractivity contribution in [1.82, 2.24) is 0 Å². The highest BCUT2D eigenvalue weighted by molar-refractivity contribution is 5.26. The van der Waals surface area contributed by atoms with Crippen molar-refractivity contribution in [2.75, 3.05) is 0 Å². The third-order valence-electron chi connectivity index (χ3n) is 3.10. The van der Waals surface area contributed by atoms with Crippen molar-refractivity contribution in [3.8, 4) is 0 Å². The first kappa shape index (κ1) is 15.0. The van der Waals surface area contributed by atoms with Crippen molar-refractivity contribution in [2.45, 2.75) is 45.4 Å². The van der Waals surface area contributed by atoms with Crippen molar-refractivity contribution in [1.29, 1.82) is 0 Å². The topological polar surface area (TPSA) is 20.2 Å². The van der Waals surface area contributed by atoms with Gasteiger partial charge in [0.05, 0.1) is 11.7 Å². The van der Waals surface area contributed by atoms with Gasteiger partial charge in [-0.3, -0.25) is 0 Å². The zero-order valence-corrected chi connectivity index (χ0v) is 10.7. The van der Waals surface area contributed by atoms with E-state index in [2.05, 4.69) is 0 Å². The molecule has 0 aliphatic heterocycles. The maximum atomic E-state index is 12.5. The molecule has 1 aromatic rings. The Morgan fingerprint density at radius 3 is 2.50 bits per heavy atom. The van der Waals surface area contributed by atoms with Crippen LogP contribution in [0.5, 0.6) is 0 Å². The summed E-state index contributed by atoms with van der Waals surface area (Å²) in [5.74, 6) is 0.101. The van der Waals surface area contributed by atoms with Gasteiger partial charge in [-0.1, -0.05) is 38.5 Å². The summed E-state index contributed by atoms with van der Waals surface area (Å²) in [4.78, 5) is 0. The Kier molecular flexibility index (Phi) is 5.20. The highest BCUT2D eigenvalue weighted by Crippen LogP contribution is 2.30. The Hall–Kier alpha value is -1.03. The minimum atomic E-state index is -4.32. The van der Waals surface area contributed by atoms with Gasteiger partial charge in [0, 0.05) is 0 Å². The zero-order valence-electron chi connectivity index (χ0n) is 10.7. The third-order valence-corrected chi connectivity index (χ3v) is 3.10. The summed E-state index contributed by atoms with van der Waals surface area (Å²) in [6.45, 7) is 3.94. The predicted octanol–water partition coefficient (Wildman–Crippen LogP) is 4.05. The number of hydrogen-bond donors (Lipinski definition) is 1. The van der Waals surface area contributed by atoms with Crippen LogP contribution in [0, 0.1) is 5.92 Å². The first-order valence-corrected chi connectivity index (χ1v) is 6.18. The Morgan fingerprint density at radius 2 is 1.94 bits per heavy atom. The van der Waals surface area contributed by atoms with Crippen molar-refractivity contribution in [3.63, 3.8) is 0 Å². The second-order valence-corrected chi connectivity index (χ2v) is 4.74. The van der Waals surface area contributed by atoms with Crippen molar-refractivity contribution in [2.24, 2.45) is 5.92 Å². The quantitative estimate of drug-likeness (QED) is 0.847. The Morgan fingerprint density at radius 1 is 1.28 bits per heavy atom. The maximum absolute atomic E-state index is 12.5. The van der Waals surface area contributed by atoms with Crippen LogP contribution in [0.2, 0.25) is 0 Å². The Labute approximate surface area is 106 Å². The molecule has 18 heavy (non-hydrogen) atoms. The summed E-state index contributed by atoms with van der Waals surface area (Å²) in [5, 5.41) is 9.91. The Balaban J connectivity index is 2.73. The highest BCUT2D eigenvalue weighted by atomic mass is 19.4. The molecule has 0 amide bonds. The molecule has 1 rings (SSSR count). The van der Waals surface area contributed by atoms with Crippen molar-refractivity contribution >= 4 is 0 Å². The van der Waals surface area contributed by atoms with E-state index < -0.39 is 17.8 Å². The number of halogens is 3. The van der Waals surface area contributed by atoms with Crippen LogP contribution in [-0.2, 0) is 12.6 Å². The molecule has 0 aliphatic carbocycles. The van der Waals surface area contributed by atoms with E-state index in [0.29, 0.717) is 5.56 Å². The first-order chi connectivity index (χ1) is 8.34. The molecule has 0 radical (unpaired) electrons. The molecular formula is C14H19F3O. The van der Waals surface area contributed by atoms with Crippen LogP contribution in [0.4, 0.5) is 13.2 Å². The lowest BCUT2D eigenvalue weighted by Gasteiger charge is -2.18. The third kappa shape index (κ3) is 4.33. The number of alkyl halides is 3. The fourth-order valence-corrected chi connectivity index (χ4v) is 1.97. The lowest BCUT2D eigenvalue weighted by Crippen LogP contribution is -2.20. The molecule has 1 N–H and O–H groups in total. The minimum absolute atomic E-state index is 0.101. The molecule has 0 saturated carbocycles. The molecule has 2 atom stereocenters. The van der Waals surface area contributed by atoms with Crippen LogP contribution in [0.3, 0.4) is 0 Å². The lowest BCUT2D eigenvalue weighted by molar-refractivity contribution is -0.137. The molecule has 4 heteroatoms. The lowest BCUT2D eigenvalue weighted by atomic mass is 9.93. The number of aliphatic hydroxyl groups excluding tert-OH is 1. The van der Waals surface area contributed by atoms with E-state index in [1.807, 2.05) is 13.8 Å². The fourth-order valence-electron chi connectivity index (χ4n) is 1.97. The molecule has 0 fully saturated rings. The molecule has 0 bridgehead atoms. The average molecular weight is 260 g/mol. The molecule has 0 saturated heterocycles. The van der Waals surface area contributed by atoms with E-state index in [0.717, 1.165) is 25.0 Å². The summed E-state index contributed by atoms with van der Waals surface area (Å²) in [7, 11) is 0. The monoisotopic (exact) mass is 260 g/mol. The van der Waals surface area contributed by atoms with Gasteiger partial charge < -0.3 is 5.11 Å². The van der Waals surface area contributed by atoms with Gasteiger partial charge in [0.15, 0.2) is 0 Å². The van der Waals surface area contributed by atoms with Crippen LogP contribution < -0.4 is 0 Å². The molecule has 0 aromatic heterocycles. The minimum Gasteiger partial charge on any atom is -0.393 e. The molecule has 102 valence electrons. The van der Waals surface area contributed by atoms with Crippen LogP contribution in [0.25, 0.3) is 0 Å². The molecular weight excluding hydrogens is 241 g/mol. The van der Waals surface area contributed by atoms with Gasteiger partial charge in [-0.2, -0.15) is 13.2 Å². The number of hydrogen-bond acceptors (Lipinski definition) is 1. The summed E-state index contributed by atoms with van der Waals surface area (Å²) in [6.07, 6.45) is -2.81. The molecule has 1 aromatic carbocycles. The predicted molar refractivity (Wildman–Crippen MR) is 65.2 cm³/mol. The summed E-state index contributed by atoms with van der Waals surface area (Å²) < 4.78 is 37.6. The highest BCUT2D eigenvalue weighted by Gasteiger charge is 2.30. The summed E-state index contributed by atoms with van der Waals surface area (Å²) in [5.41, 5.74) is -0.129. The van der Waals surface area contributed by atoms with E-state index >= 15 is 0 Å². The number of aliphatic hydroxyl groups is 1. The van der Waals surface area contributed by atoms with Gasteiger partial charge in [0.1, 0.15) is 0 Å². The van der Waals surface area contributed by atoms with Crippen LogP contribution in [0.15, 0.2) is 24.3 Å². The standard InChI is InChI=1S/C14H19F3O/c1-3-5-10(2)13(18)9-11-6-4-7-12(8-11)14(15,16)17/h4,6-8,10,13,18H,3,5,9H2,1-2H3. The average Bonchev–Trinajstić information content (AvgIpc) is 2.28. The smallest absolute Gasteiger partial charge is 0.393 e. The van der Waals surface area contributed by atoms with Crippen LogP contribution in [-0.4, -0.2) is 11.2 Å². The van der Waals surface area contributed by atoms with Gasteiger partial charge in [-0.25, -0.2) is 0 Å². The Bertz CT molecular complexity index is 374. The van der Waals surface area contributed by atoms with Crippen LogP contribution >= 0.6 is 0 Å². The number of benzene rings is 1. The number of rotatable bonds is 5. The van der Waals surface area contributed by atoms with Gasteiger partial charge in [-0.05, 0) is 30.4 Å². The fraction of sp³-hybridized carbons (Fsp3) is 0.571. The van der Waals surface area contributed by atoms with Gasteiger partial charge in [0.2, 0.25) is 0 Å². The van der Waals surface area contributed by atoms with E-state index in [-0.39, 0.29) is 12.3 Å². The van der Waals surface area contributed by atoms with Gasteiger partial charge >= 0.3 is 6.18 Å². The van der Waals surface area contributed by atoms with E-state index in [4.69, 9.17) is 0 Å². The maximum Gasteiger partial charge on any atom is 0.416 e. The van der Waals surface area contributed by atoms with E-state index in [1.54, 1.807) is 6.07 Å². The second-order valence-electron chi connectivity index (χ2n) is 4.74. The molecule has 1 nitrogen and oxygen atoms in total. The van der Waals surface area contributed by atoms with E-state index in [1.165, 1.54) is 6.07 Å². The van der Waals surface area contributed by atoms with Crippen molar-refractivity contribution < 1.29 is 18.3 Å². The normalized spacial score (nSPS) is 15.4. The largest absolute Gasteiger partial charge is 0.416 e. The SMILES string of the molecule is CCCC(C)C(O)Cc1cccc(C(F)(F)F)c1. The van der Waals surface area contributed by atoms with Gasteiger partial charge in [0.25, 0.3) is 0 Å². The molecule has 0 spiro atoms. The summed E-state index contributed by atoms with van der Waals surface area (Å²) in [6, 6.07) is 5.17. The second kappa shape index (κ2) is 6.23. The van der Waals surface area contributed by atoms with E-state index in [9.17, 15) is 18.3 Å². The zero-order chi connectivity index (χ0) is 13.8. The first-order valence-electron chi connectivity index (χ1n) is 6.18. The van der Waals surface area contributed by atoms with Crippen molar-refractivity contribution in [3.05, 3.63) is 35.4 Å². The van der Waals surface area contributed by atoms with Gasteiger partial charge in [-0.15, -0.1) is 0 Å². The molecule has 0 aliphatic rings. The molecule has 2 unspecified atom stereocenters. The molecule has 0 heterocycles. The van der Waals surface area contributed by atoms with Crippen LogP contribution in [0.1, 0.15) is 37.8 Å².